The smallest absolute Gasteiger partial charge is 0.254 e. The number of imidazole rings is 1. The fraction of sp³-hybridized carbons (Fsp3) is 0.273. The van der Waals surface area contributed by atoms with Gasteiger partial charge in [0, 0.05) is 18.7 Å². The summed E-state index contributed by atoms with van der Waals surface area (Å²) in [5.41, 5.74) is 3.16. The van der Waals surface area contributed by atoms with Gasteiger partial charge in [0.25, 0.3) is 5.91 Å². The minimum Gasteiger partial charge on any atom is -0.340 e. The number of amides is 3. The molecule has 8 heteroatoms. The van der Waals surface area contributed by atoms with Crippen LogP contribution in [0.3, 0.4) is 0 Å². The molecule has 0 spiro atoms. The third-order valence-corrected chi connectivity index (χ3v) is 5.16. The highest BCUT2D eigenvalue weighted by Gasteiger charge is 2.29. The van der Waals surface area contributed by atoms with Crippen molar-refractivity contribution in [2.45, 2.75) is 32.2 Å². The first-order valence-electron chi connectivity index (χ1n) is 9.80. The van der Waals surface area contributed by atoms with E-state index < -0.39 is 17.9 Å². The number of anilines is 2. The van der Waals surface area contributed by atoms with E-state index in [2.05, 4.69) is 34.8 Å². The number of benzene rings is 2. The van der Waals surface area contributed by atoms with Crippen molar-refractivity contribution in [3.63, 3.8) is 0 Å². The Balaban J connectivity index is 1.48. The number of hydrogen-bond acceptors (Lipinski definition) is 4. The quantitative estimate of drug-likeness (QED) is 0.621. The van der Waals surface area contributed by atoms with Crippen molar-refractivity contribution in [2.75, 3.05) is 10.6 Å². The van der Waals surface area contributed by atoms with E-state index in [1.54, 1.807) is 36.4 Å². The van der Waals surface area contributed by atoms with Crippen molar-refractivity contribution in [2.24, 2.45) is 7.05 Å². The first kappa shape index (κ1) is 19.6. The van der Waals surface area contributed by atoms with Gasteiger partial charge in [-0.1, -0.05) is 26.0 Å². The van der Waals surface area contributed by atoms with Crippen LogP contribution in [0.5, 0.6) is 0 Å². The van der Waals surface area contributed by atoms with Crippen LogP contribution < -0.4 is 16.0 Å². The van der Waals surface area contributed by atoms with Crippen molar-refractivity contribution in [3.05, 3.63) is 53.9 Å². The highest BCUT2D eigenvalue weighted by Crippen LogP contribution is 2.24. The first-order valence-corrected chi connectivity index (χ1v) is 9.80. The first-order chi connectivity index (χ1) is 14.3. The monoisotopic (exact) mass is 405 g/mol. The molecule has 0 unspecified atom stereocenters. The molecule has 3 aromatic rings. The van der Waals surface area contributed by atoms with E-state index in [4.69, 9.17) is 0 Å². The van der Waals surface area contributed by atoms with E-state index in [-0.39, 0.29) is 18.2 Å². The van der Waals surface area contributed by atoms with Crippen molar-refractivity contribution < 1.29 is 14.4 Å². The summed E-state index contributed by atoms with van der Waals surface area (Å²) in [7, 11) is 1.97. The second kappa shape index (κ2) is 7.62. The zero-order chi connectivity index (χ0) is 21.4. The lowest BCUT2D eigenvalue weighted by Gasteiger charge is -2.14. The molecule has 3 N–H and O–H groups in total. The highest BCUT2D eigenvalue weighted by atomic mass is 16.2. The molecule has 0 fully saturated rings. The normalized spacial score (nSPS) is 16.1. The molecule has 0 saturated carbocycles. The standard InChI is InChI=1S/C22H23N5O3/c1-12(2)20-24-16-10-13(8-9-18(16)27(20)3)23-19(28)11-17-22(30)25-15-7-5-4-6-14(15)21(29)26-17/h4-10,12,17H,11H2,1-3H3,(H,23,28)(H,25,30)(H,26,29)/t17-/m0/s1. The maximum Gasteiger partial charge on any atom is 0.254 e. The van der Waals surface area contributed by atoms with Gasteiger partial charge in [-0.05, 0) is 30.3 Å². The predicted octanol–water partition coefficient (Wildman–Crippen LogP) is 2.78. The van der Waals surface area contributed by atoms with Crippen molar-refractivity contribution in [1.82, 2.24) is 14.9 Å². The zero-order valence-corrected chi connectivity index (χ0v) is 17.0. The second-order valence-electron chi connectivity index (χ2n) is 7.70. The van der Waals surface area contributed by atoms with E-state index in [9.17, 15) is 14.4 Å². The largest absolute Gasteiger partial charge is 0.340 e. The Labute approximate surface area is 173 Å². The number of aryl methyl sites for hydroxylation is 1. The van der Waals surface area contributed by atoms with Gasteiger partial charge in [-0.2, -0.15) is 0 Å². The van der Waals surface area contributed by atoms with Crippen LogP contribution in [0.15, 0.2) is 42.5 Å². The number of carbonyl (C=O) groups is 3. The molecule has 1 atom stereocenters. The molecule has 0 bridgehead atoms. The average Bonchev–Trinajstić information content (AvgIpc) is 2.98. The molecular formula is C22H23N5O3. The summed E-state index contributed by atoms with van der Waals surface area (Å²) in [6.45, 7) is 4.16. The van der Waals surface area contributed by atoms with Gasteiger partial charge in [0.05, 0.1) is 28.7 Å². The van der Waals surface area contributed by atoms with Crippen LogP contribution in [0.1, 0.15) is 42.4 Å². The Morgan fingerprint density at radius 3 is 2.73 bits per heavy atom. The molecular weight excluding hydrogens is 382 g/mol. The molecule has 2 aromatic carbocycles. The van der Waals surface area contributed by atoms with Gasteiger partial charge in [0.15, 0.2) is 0 Å². The molecule has 30 heavy (non-hydrogen) atoms. The molecule has 0 aliphatic carbocycles. The van der Waals surface area contributed by atoms with Crippen LogP contribution in [-0.2, 0) is 16.6 Å². The topological polar surface area (TPSA) is 105 Å². The van der Waals surface area contributed by atoms with E-state index in [1.807, 2.05) is 17.7 Å². The lowest BCUT2D eigenvalue weighted by molar-refractivity contribution is -0.122. The van der Waals surface area contributed by atoms with Crippen molar-refractivity contribution in [3.8, 4) is 0 Å². The third kappa shape index (κ3) is 3.63. The number of carbonyl (C=O) groups excluding carboxylic acids is 3. The van der Waals surface area contributed by atoms with Gasteiger partial charge in [-0.3, -0.25) is 14.4 Å². The fourth-order valence-electron chi connectivity index (χ4n) is 3.67. The van der Waals surface area contributed by atoms with Crippen LogP contribution >= 0.6 is 0 Å². The summed E-state index contributed by atoms with van der Waals surface area (Å²) in [5.74, 6) is 0.0525. The maximum absolute atomic E-state index is 12.6. The number of nitrogens with one attached hydrogen (secondary N) is 3. The Bertz CT molecular complexity index is 1160. The number of aromatic nitrogens is 2. The molecule has 3 amide bonds. The van der Waals surface area contributed by atoms with Gasteiger partial charge < -0.3 is 20.5 Å². The Morgan fingerprint density at radius 2 is 1.97 bits per heavy atom. The van der Waals surface area contributed by atoms with Gasteiger partial charge >= 0.3 is 0 Å². The molecule has 1 aliphatic heterocycles. The minimum absolute atomic E-state index is 0.178. The van der Waals surface area contributed by atoms with E-state index >= 15 is 0 Å². The predicted molar refractivity (Wildman–Crippen MR) is 114 cm³/mol. The summed E-state index contributed by atoms with van der Waals surface area (Å²) >= 11 is 0. The summed E-state index contributed by atoms with van der Waals surface area (Å²) in [5, 5.41) is 8.12. The number of rotatable bonds is 4. The Hall–Kier alpha value is -3.68. The highest BCUT2D eigenvalue weighted by molar-refractivity contribution is 6.11. The van der Waals surface area contributed by atoms with Crippen molar-refractivity contribution in [1.29, 1.82) is 0 Å². The van der Waals surface area contributed by atoms with E-state index in [1.165, 1.54) is 0 Å². The zero-order valence-electron chi connectivity index (χ0n) is 17.0. The van der Waals surface area contributed by atoms with Crippen molar-refractivity contribution >= 4 is 40.1 Å². The fourth-order valence-corrected chi connectivity index (χ4v) is 3.67. The summed E-state index contributed by atoms with van der Waals surface area (Å²) in [6, 6.07) is 11.3. The molecule has 4 rings (SSSR count). The number of nitrogens with zero attached hydrogens (tertiary/aromatic N) is 2. The Kier molecular flexibility index (Phi) is 4.99. The van der Waals surface area contributed by atoms with E-state index in [0.717, 1.165) is 16.9 Å². The van der Waals surface area contributed by atoms with Crippen LogP contribution in [0.4, 0.5) is 11.4 Å². The molecule has 154 valence electrons. The molecule has 1 aliphatic rings. The summed E-state index contributed by atoms with van der Waals surface area (Å²) in [6.07, 6.45) is -0.178. The van der Waals surface area contributed by atoms with Gasteiger partial charge in [-0.15, -0.1) is 0 Å². The molecule has 1 aromatic heterocycles. The maximum atomic E-state index is 12.6. The van der Waals surface area contributed by atoms with Crippen LogP contribution in [-0.4, -0.2) is 33.3 Å². The van der Waals surface area contributed by atoms with Gasteiger partial charge in [-0.25, -0.2) is 4.98 Å². The number of fused-ring (bicyclic) bond motifs is 2. The molecule has 8 nitrogen and oxygen atoms in total. The lowest BCUT2D eigenvalue weighted by Crippen LogP contribution is -2.43. The second-order valence-corrected chi connectivity index (χ2v) is 7.70. The van der Waals surface area contributed by atoms with Crippen LogP contribution in [0.2, 0.25) is 0 Å². The van der Waals surface area contributed by atoms with Crippen LogP contribution in [0.25, 0.3) is 11.0 Å². The Morgan fingerprint density at radius 1 is 1.20 bits per heavy atom. The molecule has 0 radical (unpaired) electrons. The van der Waals surface area contributed by atoms with E-state index in [0.29, 0.717) is 16.9 Å². The molecule has 2 heterocycles. The van der Waals surface area contributed by atoms with Gasteiger partial charge in [0.2, 0.25) is 11.8 Å². The minimum atomic E-state index is -0.962. The van der Waals surface area contributed by atoms with Gasteiger partial charge in [0.1, 0.15) is 11.9 Å². The third-order valence-electron chi connectivity index (χ3n) is 5.16. The van der Waals surface area contributed by atoms with Crippen LogP contribution in [0, 0.1) is 0 Å². The number of para-hydroxylation sites is 1. The average molecular weight is 405 g/mol. The summed E-state index contributed by atoms with van der Waals surface area (Å²) < 4.78 is 2.04. The lowest BCUT2D eigenvalue weighted by atomic mass is 10.1. The molecule has 0 saturated heterocycles. The summed E-state index contributed by atoms with van der Waals surface area (Å²) in [4.78, 5) is 42.1. The SMILES string of the molecule is CC(C)c1nc2cc(NC(=O)C[C@@H]3NC(=O)c4ccccc4NC3=O)ccc2n1C. The number of hydrogen-bond donors (Lipinski definition) is 3.